The second-order valence-corrected chi connectivity index (χ2v) is 5.17. The van der Waals surface area contributed by atoms with Gasteiger partial charge in [0.15, 0.2) is 0 Å². The van der Waals surface area contributed by atoms with Gasteiger partial charge in [-0.15, -0.1) is 0 Å². The van der Waals surface area contributed by atoms with Crippen LogP contribution in [0.4, 0.5) is 23.0 Å². The monoisotopic (exact) mass is 284 g/mol. The third kappa shape index (κ3) is 2.79. The largest absolute Gasteiger partial charge is 0.383 e. The molecular weight excluding hydrogens is 268 g/mol. The quantitative estimate of drug-likeness (QED) is 0.666. The second kappa shape index (κ2) is 5.40. The Balaban J connectivity index is 1.95. The first kappa shape index (κ1) is 13.4. The molecule has 0 amide bonds. The number of hydrogen-bond donors (Lipinski definition) is 2. The highest BCUT2D eigenvalue weighted by atomic mass is 16.6. The standard InChI is InChI=1S/C15H16N4O2/c16-14-8-11(19(20)21)9-15(18-14)17-13-7-3-5-10-4-1-2-6-12(10)13/h3,5,7-9H,1-2,4,6H2,(H3,16,17,18). The molecule has 1 aromatic heterocycles. The molecule has 0 saturated heterocycles. The number of aryl methyl sites for hydroxylation is 1. The molecule has 1 heterocycles. The fourth-order valence-corrected chi connectivity index (χ4v) is 2.74. The summed E-state index contributed by atoms with van der Waals surface area (Å²) in [6, 6.07) is 8.76. The summed E-state index contributed by atoms with van der Waals surface area (Å²) >= 11 is 0. The molecule has 3 N–H and O–H groups in total. The Morgan fingerprint density at radius 3 is 2.86 bits per heavy atom. The zero-order valence-corrected chi connectivity index (χ0v) is 11.5. The second-order valence-electron chi connectivity index (χ2n) is 5.17. The number of pyridine rings is 1. The summed E-state index contributed by atoms with van der Waals surface area (Å²) in [6.45, 7) is 0. The molecule has 0 aliphatic heterocycles. The van der Waals surface area contributed by atoms with Gasteiger partial charge in [0.2, 0.25) is 0 Å². The number of benzene rings is 1. The van der Waals surface area contributed by atoms with Crippen molar-refractivity contribution in [1.82, 2.24) is 4.98 Å². The van der Waals surface area contributed by atoms with Gasteiger partial charge in [0.05, 0.1) is 17.1 Å². The third-order valence-corrected chi connectivity index (χ3v) is 3.70. The van der Waals surface area contributed by atoms with Crippen molar-refractivity contribution in [2.24, 2.45) is 0 Å². The van der Waals surface area contributed by atoms with Gasteiger partial charge in [-0.2, -0.15) is 0 Å². The maximum atomic E-state index is 10.9. The van der Waals surface area contributed by atoms with Crippen molar-refractivity contribution < 1.29 is 4.92 Å². The predicted molar refractivity (Wildman–Crippen MR) is 81.7 cm³/mol. The molecule has 0 unspecified atom stereocenters. The van der Waals surface area contributed by atoms with Crippen molar-refractivity contribution in [2.75, 3.05) is 11.1 Å². The Morgan fingerprint density at radius 1 is 1.24 bits per heavy atom. The summed E-state index contributed by atoms with van der Waals surface area (Å²) in [6.07, 6.45) is 4.47. The number of anilines is 3. The molecule has 0 saturated carbocycles. The molecule has 0 radical (unpaired) electrons. The van der Waals surface area contributed by atoms with E-state index in [0.29, 0.717) is 5.82 Å². The molecule has 0 spiro atoms. The molecule has 2 aromatic rings. The highest BCUT2D eigenvalue weighted by molar-refractivity contribution is 5.65. The highest BCUT2D eigenvalue weighted by Crippen LogP contribution is 2.30. The van der Waals surface area contributed by atoms with Gasteiger partial charge in [-0.05, 0) is 42.9 Å². The fourth-order valence-electron chi connectivity index (χ4n) is 2.74. The van der Waals surface area contributed by atoms with Gasteiger partial charge in [-0.3, -0.25) is 10.1 Å². The van der Waals surface area contributed by atoms with Crippen LogP contribution in [0.15, 0.2) is 30.3 Å². The first-order chi connectivity index (χ1) is 10.1. The summed E-state index contributed by atoms with van der Waals surface area (Å²) < 4.78 is 0. The summed E-state index contributed by atoms with van der Waals surface area (Å²) in [5.74, 6) is 0.539. The molecule has 1 aliphatic carbocycles. The number of fused-ring (bicyclic) bond motifs is 1. The van der Waals surface area contributed by atoms with Crippen molar-refractivity contribution in [1.29, 1.82) is 0 Å². The van der Waals surface area contributed by atoms with Gasteiger partial charge in [-0.1, -0.05) is 12.1 Å². The molecule has 0 bridgehead atoms. The van der Waals surface area contributed by atoms with Crippen molar-refractivity contribution in [3.8, 4) is 0 Å². The van der Waals surface area contributed by atoms with Gasteiger partial charge in [0.1, 0.15) is 11.6 Å². The number of nitro groups is 1. The van der Waals surface area contributed by atoms with Crippen LogP contribution in [0.25, 0.3) is 0 Å². The van der Waals surface area contributed by atoms with Crippen molar-refractivity contribution in [2.45, 2.75) is 25.7 Å². The zero-order chi connectivity index (χ0) is 14.8. The lowest BCUT2D eigenvalue weighted by Gasteiger charge is -2.19. The number of nitrogens with zero attached hydrogens (tertiary/aromatic N) is 2. The van der Waals surface area contributed by atoms with E-state index in [4.69, 9.17) is 5.73 Å². The Kier molecular flexibility index (Phi) is 3.43. The number of aromatic nitrogens is 1. The van der Waals surface area contributed by atoms with Crippen molar-refractivity contribution >= 4 is 23.0 Å². The molecular formula is C15H16N4O2. The summed E-state index contributed by atoms with van der Waals surface area (Å²) in [5, 5.41) is 14.1. The van der Waals surface area contributed by atoms with Crippen molar-refractivity contribution in [3.05, 3.63) is 51.6 Å². The molecule has 0 fully saturated rings. The van der Waals surface area contributed by atoms with E-state index in [1.807, 2.05) is 12.1 Å². The van der Waals surface area contributed by atoms with Crippen LogP contribution in [0.2, 0.25) is 0 Å². The van der Waals surface area contributed by atoms with Crippen LogP contribution < -0.4 is 11.1 Å². The smallest absolute Gasteiger partial charge is 0.276 e. The lowest BCUT2D eigenvalue weighted by Crippen LogP contribution is -2.07. The van der Waals surface area contributed by atoms with E-state index in [0.717, 1.165) is 24.9 Å². The van der Waals surface area contributed by atoms with E-state index in [1.165, 1.54) is 29.7 Å². The number of nitrogens with one attached hydrogen (secondary N) is 1. The van der Waals surface area contributed by atoms with E-state index >= 15 is 0 Å². The maximum absolute atomic E-state index is 10.9. The average Bonchev–Trinajstić information content (AvgIpc) is 2.47. The lowest BCUT2D eigenvalue weighted by molar-refractivity contribution is -0.384. The van der Waals surface area contributed by atoms with Crippen molar-refractivity contribution in [3.63, 3.8) is 0 Å². The van der Waals surface area contributed by atoms with Crippen LogP contribution >= 0.6 is 0 Å². The van der Waals surface area contributed by atoms with Gasteiger partial charge in [-0.25, -0.2) is 4.98 Å². The Labute approximate surface area is 122 Å². The van der Waals surface area contributed by atoms with Crippen LogP contribution in [0.3, 0.4) is 0 Å². The molecule has 108 valence electrons. The number of hydrogen-bond acceptors (Lipinski definition) is 5. The average molecular weight is 284 g/mol. The Bertz CT molecular complexity index is 700. The first-order valence-electron chi connectivity index (χ1n) is 6.93. The minimum atomic E-state index is -0.469. The normalized spacial score (nSPS) is 13.5. The highest BCUT2D eigenvalue weighted by Gasteiger charge is 2.15. The van der Waals surface area contributed by atoms with Crippen LogP contribution in [0.1, 0.15) is 24.0 Å². The molecule has 6 heteroatoms. The minimum Gasteiger partial charge on any atom is -0.383 e. The molecule has 1 aromatic carbocycles. The summed E-state index contributed by atoms with van der Waals surface area (Å²) in [7, 11) is 0. The van der Waals surface area contributed by atoms with E-state index < -0.39 is 4.92 Å². The minimum absolute atomic E-state index is 0.0604. The molecule has 6 nitrogen and oxygen atoms in total. The van der Waals surface area contributed by atoms with E-state index in [-0.39, 0.29) is 11.5 Å². The van der Waals surface area contributed by atoms with Gasteiger partial charge in [0, 0.05) is 5.69 Å². The van der Waals surface area contributed by atoms with Crippen LogP contribution in [0, 0.1) is 10.1 Å². The summed E-state index contributed by atoms with van der Waals surface area (Å²) in [4.78, 5) is 14.5. The number of nitrogen functional groups attached to an aromatic ring is 1. The Hall–Kier alpha value is -2.63. The fraction of sp³-hybridized carbons (Fsp3) is 0.267. The zero-order valence-electron chi connectivity index (χ0n) is 11.5. The number of nitrogens with two attached hydrogens (primary N) is 1. The SMILES string of the molecule is Nc1cc([N+](=O)[O-])cc(Nc2cccc3c2CCCC3)n1. The molecule has 3 rings (SSSR count). The maximum Gasteiger partial charge on any atom is 0.276 e. The van der Waals surface area contributed by atoms with E-state index in [1.54, 1.807) is 0 Å². The molecule has 1 aliphatic rings. The van der Waals surface area contributed by atoms with Gasteiger partial charge >= 0.3 is 0 Å². The molecule has 21 heavy (non-hydrogen) atoms. The van der Waals surface area contributed by atoms with E-state index in [9.17, 15) is 10.1 Å². The first-order valence-corrected chi connectivity index (χ1v) is 6.93. The van der Waals surface area contributed by atoms with E-state index in [2.05, 4.69) is 16.4 Å². The molecule has 0 atom stereocenters. The summed E-state index contributed by atoms with van der Waals surface area (Å²) in [5.41, 5.74) is 9.14. The van der Waals surface area contributed by atoms with Crippen LogP contribution in [-0.2, 0) is 12.8 Å². The topological polar surface area (TPSA) is 94.1 Å². The predicted octanol–water partition coefficient (Wildman–Crippen LogP) is 3.19. The van der Waals surface area contributed by atoms with Crippen LogP contribution in [0.5, 0.6) is 0 Å². The lowest BCUT2D eigenvalue weighted by atomic mass is 9.90. The third-order valence-electron chi connectivity index (χ3n) is 3.70. The van der Waals surface area contributed by atoms with Crippen LogP contribution in [-0.4, -0.2) is 9.91 Å². The van der Waals surface area contributed by atoms with Gasteiger partial charge in [0.25, 0.3) is 5.69 Å². The number of rotatable bonds is 3. The van der Waals surface area contributed by atoms with Gasteiger partial charge < -0.3 is 11.1 Å². The Morgan fingerprint density at radius 2 is 2.05 bits per heavy atom.